The van der Waals surface area contributed by atoms with Crippen LogP contribution >= 0.6 is 0 Å². The highest BCUT2D eigenvalue weighted by Crippen LogP contribution is 2.35. The molecule has 2 aliphatic rings. The molecule has 4 heteroatoms. The number of hydrogen-bond acceptors (Lipinski definition) is 4. The van der Waals surface area contributed by atoms with Gasteiger partial charge < -0.3 is 19.5 Å². The van der Waals surface area contributed by atoms with Gasteiger partial charge in [0, 0.05) is 31.0 Å². The maximum atomic E-state index is 5.76. The molecule has 110 valence electrons. The van der Waals surface area contributed by atoms with Crippen molar-refractivity contribution in [2.24, 2.45) is 0 Å². The quantitative estimate of drug-likeness (QED) is 0.918. The third-order valence-electron chi connectivity index (χ3n) is 4.33. The lowest BCUT2D eigenvalue weighted by Gasteiger charge is -2.35. The van der Waals surface area contributed by atoms with Gasteiger partial charge in [0.05, 0.1) is 20.3 Å². The summed E-state index contributed by atoms with van der Waals surface area (Å²) in [7, 11) is 1.72. The Balaban J connectivity index is 1.50. The molecule has 1 aromatic rings. The van der Waals surface area contributed by atoms with Gasteiger partial charge in [0.25, 0.3) is 0 Å². The van der Waals surface area contributed by atoms with Crippen LogP contribution in [0.5, 0.6) is 5.75 Å². The molecule has 3 rings (SSSR count). The molecule has 0 bridgehead atoms. The van der Waals surface area contributed by atoms with Crippen LogP contribution in [0.15, 0.2) is 24.3 Å². The molecule has 1 N–H and O–H groups in total. The van der Waals surface area contributed by atoms with E-state index in [-0.39, 0.29) is 5.79 Å². The minimum absolute atomic E-state index is 0.261. The second kappa shape index (κ2) is 6.12. The first-order chi connectivity index (χ1) is 9.81. The monoisotopic (exact) mass is 277 g/mol. The average molecular weight is 277 g/mol. The van der Waals surface area contributed by atoms with E-state index in [1.165, 1.54) is 5.56 Å². The summed E-state index contributed by atoms with van der Waals surface area (Å²) in [5, 5.41) is 3.63. The van der Waals surface area contributed by atoms with Crippen molar-refractivity contribution in [3.8, 4) is 5.75 Å². The molecule has 1 heterocycles. The van der Waals surface area contributed by atoms with Crippen LogP contribution in [-0.4, -0.2) is 32.2 Å². The van der Waals surface area contributed by atoms with Gasteiger partial charge in [-0.15, -0.1) is 0 Å². The van der Waals surface area contributed by atoms with Crippen molar-refractivity contribution in [2.45, 2.75) is 44.1 Å². The van der Waals surface area contributed by atoms with Crippen LogP contribution in [0.4, 0.5) is 0 Å². The lowest BCUT2D eigenvalue weighted by atomic mass is 9.90. The van der Waals surface area contributed by atoms with Gasteiger partial charge in [-0.2, -0.15) is 0 Å². The van der Waals surface area contributed by atoms with Gasteiger partial charge in [0.1, 0.15) is 5.75 Å². The fraction of sp³-hybridized carbons (Fsp3) is 0.625. The summed E-state index contributed by atoms with van der Waals surface area (Å²) in [5.74, 6) is 0.692. The molecule has 0 radical (unpaired) electrons. The Morgan fingerprint density at radius 3 is 2.60 bits per heavy atom. The summed E-state index contributed by atoms with van der Waals surface area (Å²) >= 11 is 0. The molecule has 1 saturated carbocycles. The minimum atomic E-state index is -0.261. The number of nitrogens with one attached hydrogen (secondary N) is 1. The normalized spacial score (nSPS) is 22.2. The van der Waals surface area contributed by atoms with Crippen molar-refractivity contribution < 1.29 is 14.2 Å². The third kappa shape index (κ3) is 2.97. The van der Waals surface area contributed by atoms with E-state index in [0.717, 1.165) is 51.2 Å². The fourth-order valence-corrected chi connectivity index (χ4v) is 3.15. The number of methoxy groups -OCH3 is 1. The molecule has 20 heavy (non-hydrogen) atoms. The lowest BCUT2D eigenvalue weighted by molar-refractivity contribution is -0.179. The summed E-state index contributed by atoms with van der Waals surface area (Å²) in [6.45, 7) is 2.35. The van der Waals surface area contributed by atoms with E-state index >= 15 is 0 Å². The molecule has 0 aromatic heterocycles. The van der Waals surface area contributed by atoms with Crippen molar-refractivity contribution >= 4 is 0 Å². The second-order valence-electron chi connectivity index (χ2n) is 5.57. The second-order valence-corrected chi connectivity index (χ2v) is 5.57. The maximum absolute atomic E-state index is 5.76. The maximum Gasteiger partial charge on any atom is 0.168 e. The molecule has 1 spiro atoms. The number of para-hydroxylation sites is 1. The Morgan fingerprint density at radius 2 is 1.90 bits per heavy atom. The van der Waals surface area contributed by atoms with Gasteiger partial charge in [-0.3, -0.25) is 0 Å². The first kappa shape index (κ1) is 13.9. The summed E-state index contributed by atoms with van der Waals surface area (Å²) in [4.78, 5) is 0. The van der Waals surface area contributed by atoms with E-state index < -0.39 is 0 Å². The Labute approximate surface area is 120 Å². The SMILES string of the molecule is COc1ccccc1CNC1CCC2(CC1)OCCO2. The van der Waals surface area contributed by atoms with E-state index in [1.807, 2.05) is 12.1 Å². The summed E-state index contributed by atoms with van der Waals surface area (Å²) in [5.41, 5.74) is 1.21. The zero-order valence-corrected chi connectivity index (χ0v) is 12.1. The highest BCUT2D eigenvalue weighted by atomic mass is 16.7. The first-order valence-electron chi connectivity index (χ1n) is 7.44. The largest absolute Gasteiger partial charge is 0.496 e. The topological polar surface area (TPSA) is 39.7 Å². The Hall–Kier alpha value is -1.10. The highest BCUT2D eigenvalue weighted by Gasteiger charge is 2.40. The van der Waals surface area contributed by atoms with Crippen molar-refractivity contribution in [2.75, 3.05) is 20.3 Å². The van der Waals surface area contributed by atoms with Crippen LogP contribution in [0.1, 0.15) is 31.2 Å². The van der Waals surface area contributed by atoms with Crippen LogP contribution in [0.2, 0.25) is 0 Å². The Kier molecular flexibility index (Phi) is 4.24. The summed E-state index contributed by atoms with van der Waals surface area (Å²) in [6, 6.07) is 8.71. The molecule has 0 atom stereocenters. The minimum Gasteiger partial charge on any atom is -0.496 e. The van der Waals surface area contributed by atoms with E-state index in [4.69, 9.17) is 14.2 Å². The van der Waals surface area contributed by atoms with E-state index in [1.54, 1.807) is 7.11 Å². The predicted octanol–water partition coefficient (Wildman–Crippen LogP) is 2.47. The van der Waals surface area contributed by atoms with Crippen molar-refractivity contribution in [3.63, 3.8) is 0 Å². The standard InChI is InChI=1S/C16H23NO3/c1-18-15-5-3-2-4-13(15)12-17-14-6-8-16(9-7-14)19-10-11-20-16/h2-5,14,17H,6-12H2,1H3. The van der Waals surface area contributed by atoms with Crippen molar-refractivity contribution in [1.82, 2.24) is 5.32 Å². The van der Waals surface area contributed by atoms with Crippen LogP contribution in [-0.2, 0) is 16.0 Å². The zero-order chi connectivity index (χ0) is 13.8. The average Bonchev–Trinajstić information content (AvgIpc) is 2.95. The van der Waals surface area contributed by atoms with Crippen molar-refractivity contribution in [3.05, 3.63) is 29.8 Å². The van der Waals surface area contributed by atoms with Crippen LogP contribution in [0.3, 0.4) is 0 Å². The third-order valence-corrected chi connectivity index (χ3v) is 4.33. The van der Waals surface area contributed by atoms with Crippen LogP contribution in [0.25, 0.3) is 0 Å². The van der Waals surface area contributed by atoms with Gasteiger partial charge in [-0.1, -0.05) is 18.2 Å². The molecule has 2 fully saturated rings. The van der Waals surface area contributed by atoms with Gasteiger partial charge in [0.2, 0.25) is 0 Å². The molecule has 0 unspecified atom stereocenters. The summed E-state index contributed by atoms with van der Waals surface area (Å²) in [6.07, 6.45) is 4.21. The lowest BCUT2D eigenvalue weighted by Crippen LogP contribution is -2.41. The zero-order valence-electron chi connectivity index (χ0n) is 12.1. The summed E-state index contributed by atoms with van der Waals surface area (Å²) < 4.78 is 16.9. The number of ether oxygens (including phenoxy) is 3. The molecular weight excluding hydrogens is 254 g/mol. The van der Waals surface area contributed by atoms with Gasteiger partial charge in [-0.05, 0) is 18.9 Å². The molecule has 1 aliphatic heterocycles. The molecule has 1 aromatic carbocycles. The number of hydrogen-bond donors (Lipinski definition) is 1. The number of rotatable bonds is 4. The molecule has 1 aliphatic carbocycles. The fourth-order valence-electron chi connectivity index (χ4n) is 3.15. The van der Waals surface area contributed by atoms with E-state index in [2.05, 4.69) is 17.4 Å². The smallest absolute Gasteiger partial charge is 0.168 e. The van der Waals surface area contributed by atoms with Gasteiger partial charge >= 0.3 is 0 Å². The molecule has 0 amide bonds. The van der Waals surface area contributed by atoms with Gasteiger partial charge in [-0.25, -0.2) is 0 Å². The van der Waals surface area contributed by atoms with Crippen LogP contribution in [0, 0.1) is 0 Å². The van der Waals surface area contributed by atoms with Crippen LogP contribution < -0.4 is 10.1 Å². The highest BCUT2D eigenvalue weighted by molar-refractivity contribution is 5.33. The first-order valence-corrected chi connectivity index (χ1v) is 7.44. The molecular formula is C16H23NO3. The van der Waals surface area contributed by atoms with Gasteiger partial charge in [0.15, 0.2) is 5.79 Å². The molecule has 1 saturated heterocycles. The predicted molar refractivity (Wildman–Crippen MR) is 76.7 cm³/mol. The Morgan fingerprint density at radius 1 is 1.20 bits per heavy atom. The number of benzene rings is 1. The van der Waals surface area contributed by atoms with Crippen molar-refractivity contribution in [1.29, 1.82) is 0 Å². The molecule has 4 nitrogen and oxygen atoms in total. The van der Waals surface area contributed by atoms with E-state index in [9.17, 15) is 0 Å². The van der Waals surface area contributed by atoms with E-state index in [0.29, 0.717) is 6.04 Å². The Bertz CT molecular complexity index is 433.